The number of ether oxygens (including phenoxy) is 1. The fourth-order valence-corrected chi connectivity index (χ4v) is 2.06. The molecule has 0 bridgehead atoms. The molecule has 0 aliphatic carbocycles. The second-order valence-electron chi connectivity index (χ2n) is 4.87. The first-order valence-corrected chi connectivity index (χ1v) is 7.22. The number of halogens is 1. The molecule has 0 unspecified atom stereocenters. The van der Waals surface area contributed by atoms with E-state index in [0.29, 0.717) is 5.69 Å². The zero-order valence-corrected chi connectivity index (χ0v) is 12.9. The number of anilines is 1. The van der Waals surface area contributed by atoms with Gasteiger partial charge in [0.25, 0.3) is 0 Å². The van der Waals surface area contributed by atoms with Crippen LogP contribution in [0.15, 0.2) is 42.5 Å². The van der Waals surface area contributed by atoms with Gasteiger partial charge >= 0.3 is 6.03 Å². The summed E-state index contributed by atoms with van der Waals surface area (Å²) >= 11 is 0. The van der Waals surface area contributed by atoms with Gasteiger partial charge in [-0.1, -0.05) is 30.2 Å². The third-order valence-corrected chi connectivity index (χ3v) is 3.23. The van der Waals surface area contributed by atoms with Crippen LogP contribution in [0.2, 0.25) is 0 Å². The molecule has 0 saturated heterocycles. The predicted molar refractivity (Wildman–Crippen MR) is 89.0 cm³/mol. The Kier molecular flexibility index (Phi) is 6.17. The maximum atomic E-state index is 13.3. The SMILES string of the molecule is C#CCOc1cc(F)ccc1NC(=O)NCc1ccccc1CO. The van der Waals surface area contributed by atoms with Crippen molar-refractivity contribution in [2.75, 3.05) is 11.9 Å². The highest BCUT2D eigenvalue weighted by Crippen LogP contribution is 2.25. The standard InChI is InChI=1S/C18H17FN2O3/c1-2-9-24-17-10-15(19)7-8-16(17)21-18(23)20-11-13-5-3-4-6-14(13)12-22/h1,3-8,10,22H,9,11-12H2,(H2,20,21,23). The number of terminal acetylenes is 1. The van der Waals surface area contributed by atoms with Gasteiger partial charge in [-0.2, -0.15) is 0 Å². The first-order valence-electron chi connectivity index (χ1n) is 7.22. The highest BCUT2D eigenvalue weighted by Gasteiger charge is 2.10. The van der Waals surface area contributed by atoms with Gasteiger partial charge in [-0.05, 0) is 23.3 Å². The quantitative estimate of drug-likeness (QED) is 0.714. The van der Waals surface area contributed by atoms with Crippen LogP contribution < -0.4 is 15.4 Å². The van der Waals surface area contributed by atoms with Crippen LogP contribution in [0.4, 0.5) is 14.9 Å². The molecule has 6 heteroatoms. The first-order chi connectivity index (χ1) is 11.6. The number of urea groups is 1. The molecule has 0 aromatic heterocycles. The molecular formula is C18H17FN2O3. The number of carbonyl (C=O) groups is 1. The van der Waals surface area contributed by atoms with Crippen molar-refractivity contribution in [2.24, 2.45) is 0 Å². The average molecular weight is 328 g/mol. The highest BCUT2D eigenvalue weighted by molar-refractivity contribution is 5.90. The van der Waals surface area contributed by atoms with Crippen LogP contribution in [0, 0.1) is 18.2 Å². The summed E-state index contributed by atoms with van der Waals surface area (Å²) < 4.78 is 18.5. The van der Waals surface area contributed by atoms with E-state index in [0.717, 1.165) is 17.2 Å². The van der Waals surface area contributed by atoms with E-state index in [4.69, 9.17) is 11.2 Å². The van der Waals surface area contributed by atoms with Gasteiger partial charge in [0.05, 0.1) is 12.3 Å². The molecule has 0 aliphatic rings. The fraction of sp³-hybridized carbons (Fsp3) is 0.167. The maximum absolute atomic E-state index is 13.3. The van der Waals surface area contributed by atoms with E-state index in [1.165, 1.54) is 12.1 Å². The average Bonchev–Trinajstić information content (AvgIpc) is 2.60. The van der Waals surface area contributed by atoms with Crippen LogP contribution in [-0.4, -0.2) is 17.7 Å². The minimum absolute atomic E-state index is 0.0381. The van der Waals surface area contributed by atoms with Crippen LogP contribution in [0.25, 0.3) is 0 Å². The van der Waals surface area contributed by atoms with Crippen LogP contribution in [0.1, 0.15) is 11.1 Å². The van der Waals surface area contributed by atoms with Gasteiger partial charge in [0.2, 0.25) is 0 Å². The van der Waals surface area contributed by atoms with Gasteiger partial charge in [0.15, 0.2) is 0 Å². The Bertz CT molecular complexity index is 756. The van der Waals surface area contributed by atoms with Crippen molar-refractivity contribution in [3.05, 3.63) is 59.4 Å². The first kappa shape index (κ1) is 17.3. The molecule has 2 aromatic rings. The number of nitrogens with one attached hydrogen (secondary N) is 2. The van der Waals surface area contributed by atoms with Gasteiger partial charge < -0.3 is 20.5 Å². The molecule has 0 spiro atoms. The third kappa shape index (κ3) is 4.73. The summed E-state index contributed by atoms with van der Waals surface area (Å²) in [6, 6.07) is 10.5. The minimum Gasteiger partial charge on any atom is -0.479 e. The Morgan fingerprint density at radius 2 is 2.00 bits per heavy atom. The molecule has 2 amide bonds. The molecule has 24 heavy (non-hydrogen) atoms. The van der Waals surface area contributed by atoms with Crippen LogP contribution in [0.5, 0.6) is 5.75 Å². The Labute approximate surface area is 139 Å². The van der Waals surface area contributed by atoms with E-state index in [1.807, 2.05) is 18.2 Å². The summed E-state index contributed by atoms with van der Waals surface area (Å²) in [7, 11) is 0. The van der Waals surface area contributed by atoms with E-state index in [-0.39, 0.29) is 25.5 Å². The molecule has 0 heterocycles. The molecule has 0 atom stereocenters. The van der Waals surface area contributed by atoms with Crippen molar-refractivity contribution >= 4 is 11.7 Å². The lowest BCUT2D eigenvalue weighted by Gasteiger charge is -2.13. The van der Waals surface area contributed by atoms with Gasteiger partial charge in [-0.3, -0.25) is 0 Å². The number of amides is 2. The van der Waals surface area contributed by atoms with Crippen molar-refractivity contribution in [3.63, 3.8) is 0 Å². The van der Waals surface area contributed by atoms with Crippen molar-refractivity contribution < 1.29 is 19.0 Å². The predicted octanol–water partition coefficient (Wildman–Crippen LogP) is 2.65. The normalized spacial score (nSPS) is 9.88. The van der Waals surface area contributed by atoms with E-state index >= 15 is 0 Å². The summed E-state index contributed by atoms with van der Waals surface area (Å²) in [5.41, 5.74) is 1.84. The van der Waals surface area contributed by atoms with Crippen molar-refractivity contribution in [1.29, 1.82) is 0 Å². The van der Waals surface area contributed by atoms with E-state index in [9.17, 15) is 14.3 Å². The molecule has 0 saturated carbocycles. The van der Waals surface area contributed by atoms with Gasteiger partial charge in [0.1, 0.15) is 18.2 Å². The molecule has 2 aromatic carbocycles. The van der Waals surface area contributed by atoms with Gasteiger partial charge in [0, 0.05) is 12.6 Å². The van der Waals surface area contributed by atoms with Crippen molar-refractivity contribution in [1.82, 2.24) is 5.32 Å². The maximum Gasteiger partial charge on any atom is 0.319 e. The molecule has 0 fully saturated rings. The topological polar surface area (TPSA) is 70.6 Å². The molecule has 5 nitrogen and oxygen atoms in total. The Morgan fingerprint density at radius 1 is 1.25 bits per heavy atom. The summed E-state index contributed by atoms with van der Waals surface area (Å²) in [4.78, 5) is 12.0. The number of aliphatic hydroxyl groups is 1. The smallest absolute Gasteiger partial charge is 0.319 e. The second-order valence-corrected chi connectivity index (χ2v) is 4.87. The van der Waals surface area contributed by atoms with E-state index in [1.54, 1.807) is 6.07 Å². The number of hydrogen-bond donors (Lipinski definition) is 3. The zero-order valence-electron chi connectivity index (χ0n) is 12.9. The summed E-state index contributed by atoms with van der Waals surface area (Å²) in [6.07, 6.45) is 5.12. The molecule has 3 N–H and O–H groups in total. The molecular weight excluding hydrogens is 311 g/mol. The highest BCUT2D eigenvalue weighted by atomic mass is 19.1. The zero-order chi connectivity index (χ0) is 17.4. The second kappa shape index (κ2) is 8.56. The van der Waals surface area contributed by atoms with Crippen molar-refractivity contribution in [3.8, 4) is 18.1 Å². The van der Waals surface area contributed by atoms with Crippen LogP contribution >= 0.6 is 0 Å². The lowest BCUT2D eigenvalue weighted by atomic mass is 10.1. The Hall–Kier alpha value is -3.04. The largest absolute Gasteiger partial charge is 0.479 e. The monoisotopic (exact) mass is 328 g/mol. The molecule has 124 valence electrons. The third-order valence-electron chi connectivity index (χ3n) is 3.23. The van der Waals surface area contributed by atoms with Gasteiger partial charge in [-0.15, -0.1) is 6.42 Å². The number of hydrogen-bond acceptors (Lipinski definition) is 3. The number of aliphatic hydroxyl groups excluding tert-OH is 1. The molecule has 0 aliphatic heterocycles. The van der Waals surface area contributed by atoms with Crippen LogP contribution in [0.3, 0.4) is 0 Å². The summed E-state index contributed by atoms with van der Waals surface area (Å²) in [6.45, 7) is 0.0927. The fourth-order valence-electron chi connectivity index (χ4n) is 2.06. The summed E-state index contributed by atoms with van der Waals surface area (Å²) in [5, 5.41) is 14.5. The van der Waals surface area contributed by atoms with Crippen molar-refractivity contribution in [2.45, 2.75) is 13.2 Å². The lowest BCUT2D eigenvalue weighted by molar-refractivity contribution is 0.251. The van der Waals surface area contributed by atoms with E-state index in [2.05, 4.69) is 16.6 Å². The van der Waals surface area contributed by atoms with Gasteiger partial charge in [-0.25, -0.2) is 9.18 Å². The number of benzene rings is 2. The Balaban J connectivity index is 2.01. The minimum atomic E-state index is -0.496. The summed E-state index contributed by atoms with van der Waals surface area (Å²) in [5.74, 6) is 1.94. The molecule has 0 radical (unpaired) electrons. The van der Waals surface area contributed by atoms with E-state index < -0.39 is 11.8 Å². The van der Waals surface area contributed by atoms with Crippen LogP contribution in [-0.2, 0) is 13.2 Å². The number of rotatable bonds is 6. The number of carbonyl (C=O) groups excluding carboxylic acids is 1. The molecule has 2 rings (SSSR count). The lowest BCUT2D eigenvalue weighted by Crippen LogP contribution is -2.28. The Morgan fingerprint density at radius 3 is 2.71 bits per heavy atom.